The lowest BCUT2D eigenvalue weighted by molar-refractivity contribution is -0.138. The monoisotopic (exact) mass is 503 g/mol. The van der Waals surface area contributed by atoms with Crippen LogP contribution in [0.3, 0.4) is 0 Å². The van der Waals surface area contributed by atoms with Crippen molar-refractivity contribution in [2.75, 3.05) is 10.6 Å². The van der Waals surface area contributed by atoms with Crippen LogP contribution in [0, 0.1) is 6.92 Å². The SMILES string of the molecule is Cc1ccc(NC(=O)c2cc(CNC(=O)c3cc(Nc4nccs4)ncn3)no2)cc1C(F)(F)F. The highest BCUT2D eigenvalue weighted by Crippen LogP contribution is 2.33. The number of benzene rings is 1. The van der Waals surface area contributed by atoms with Gasteiger partial charge in [0.15, 0.2) is 5.13 Å². The molecular formula is C21H16F3N7O3S. The lowest BCUT2D eigenvalue weighted by Crippen LogP contribution is -2.24. The first-order chi connectivity index (χ1) is 16.7. The smallest absolute Gasteiger partial charge is 0.351 e. The van der Waals surface area contributed by atoms with Crippen molar-refractivity contribution in [3.63, 3.8) is 0 Å². The summed E-state index contributed by atoms with van der Waals surface area (Å²) in [5.41, 5.74) is -0.571. The van der Waals surface area contributed by atoms with Crippen molar-refractivity contribution < 1.29 is 27.3 Å². The van der Waals surface area contributed by atoms with E-state index in [1.165, 1.54) is 48.9 Å². The molecule has 35 heavy (non-hydrogen) atoms. The third-order valence-electron chi connectivity index (χ3n) is 4.58. The van der Waals surface area contributed by atoms with Crippen molar-refractivity contribution in [3.8, 4) is 0 Å². The summed E-state index contributed by atoms with van der Waals surface area (Å²) in [6.07, 6.45) is -1.71. The van der Waals surface area contributed by atoms with Crippen LogP contribution in [0.4, 0.5) is 29.8 Å². The van der Waals surface area contributed by atoms with Gasteiger partial charge in [0.1, 0.15) is 23.5 Å². The molecule has 180 valence electrons. The summed E-state index contributed by atoms with van der Waals surface area (Å²) in [5, 5.41) is 14.0. The van der Waals surface area contributed by atoms with Crippen LogP contribution in [-0.4, -0.2) is 31.9 Å². The van der Waals surface area contributed by atoms with Crippen LogP contribution >= 0.6 is 11.3 Å². The molecule has 0 aliphatic heterocycles. The summed E-state index contributed by atoms with van der Waals surface area (Å²) < 4.78 is 44.2. The number of anilines is 3. The Kier molecular flexibility index (Phi) is 6.73. The van der Waals surface area contributed by atoms with Gasteiger partial charge in [0, 0.05) is 29.4 Å². The highest BCUT2D eigenvalue weighted by molar-refractivity contribution is 7.13. The number of hydrogen-bond acceptors (Lipinski definition) is 9. The van der Waals surface area contributed by atoms with Crippen molar-refractivity contribution in [2.45, 2.75) is 19.6 Å². The molecule has 0 unspecified atom stereocenters. The molecule has 2 amide bonds. The average Bonchev–Trinajstić information content (AvgIpc) is 3.50. The molecule has 0 aliphatic carbocycles. The van der Waals surface area contributed by atoms with Crippen molar-refractivity contribution in [1.82, 2.24) is 25.4 Å². The Morgan fingerprint density at radius 1 is 1.09 bits per heavy atom. The number of alkyl halides is 3. The van der Waals surface area contributed by atoms with Gasteiger partial charge in [-0.3, -0.25) is 9.59 Å². The summed E-state index contributed by atoms with van der Waals surface area (Å²) in [6.45, 7) is 1.24. The van der Waals surface area contributed by atoms with Gasteiger partial charge in [-0.15, -0.1) is 11.3 Å². The second-order valence-corrected chi connectivity index (χ2v) is 7.99. The van der Waals surface area contributed by atoms with E-state index in [1.807, 2.05) is 0 Å². The van der Waals surface area contributed by atoms with Crippen LogP contribution in [0.1, 0.15) is 37.9 Å². The molecule has 3 heterocycles. The van der Waals surface area contributed by atoms with Crippen molar-refractivity contribution in [1.29, 1.82) is 0 Å². The Morgan fingerprint density at radius 3 is 2.66 bits per heavy atom. The van der Waals surface area contributed by atoms with Gasteiger partial charge in [-0.25, -0.2) is 15.0 Å². The summed E-state index contributed by atoms with van der Waals surface area (Å²) in [7, 11) is 0. The van der Waals surface area contributed by atoms with Gasteiger partial charge in [-0.05, 0) is 24.6 Å². The first-order valence-electron chi connectivity index (χ1n) is 9.90. The van der Waals surface area contributed by atoms with E-state index in [2.05, 4.69) is 36.1 Å². The van der Waals surface area contributed by atoms with E-state index in [9.17, 15) is 22.8 Å². The quantitative estimate of drug-likeness (QED) is 0.342. The van der Waals surface area contributed by atoms with Gasteiger partial charge in [-0.1, -0.05) is 11.2 Å². The van der Waals surface area contributed by atoms with Gasteiger partial charge < -0.3 is 20.5 Å². The fourth-order valence-corrected chi connectivity index (χ4v) is 3.44. The van der Waals surface area contributed by atoms with E-state index in [0.29, 0.717) is 10.9 Å². The Morgan fingerprint density at radius 2 is 1.91 bits per heavy atom. The van der Waals surface area contributed by atoms with Crippen LogP contribution in [0.5, 0.6) is 0 Å². The van der Waals surface area contributed by atoms with Crippen LogP contribution in [0.25, 0.3) is 0 Å². The Bertz CT molecular complexity index is 1360. The summed E-state index contributed by atoms with van der Waals surface area (Å²) in [6, 6.07) is 6.15. The number of thiazole rings is 1. The molecule has 4 aromatic rings. The minimum atomic E-state index is -4.55. The number of amides is 2. The second kappa shape index (κ2) is 9.89. The Balaban J connectivity index is 1.35. The lowest BCUT2D eigenvalue weighted by atomic mass is 10.1. The fourth-order valence-electron chi connectivity index (χ4n) is 2.91. The zero-order chi connectivity index (χ0) is 25.0. The highest BCUT2D eigenvalue weighted by Gasteiger charge is 2.32. The van der Waals surface area contributed by atoms with Crippen LogP contribution in [-0.2, 0) is 12.7 Å². The zero-order valence-corrected chi connectivity index (χ0v) is 18.7. The first kappa shape index (κ1) is 23.8. The van der Waals surface area contributed by atoms with Gasteiger partial charge in [0.2, 0.25) is 5.76 Å². The topological polar surface area (TPSA) is 135 Å². The van der Waals surface area contributed by atoms with Crippen molar-refractivity contribution in [3.05, 3.63) is 76.5 Å². The maximum atomic E-state index is 13.1. The Hall–Kier alpha value is -4.33. The van der Waals surface area contributed by atoms with Crippen LogP contribution in [0.2, 0.25) is 0 Å². The van der Waals surface area contributed by atoms with E-state index < -0.39 is 23.6 Å². The number of hydrogen-bond donors (Lipinski definition) is 3. The number of halogens is 3. The molecule has 1 aromatic carbocycles. The number of nitrogens with zero attached hydrogens (tertiary/aromatic N) is 4. The molecular weight excluding hydrogens is 487 g/mol. The lowest BCUT2D eigenvalue weighted by Gasteiger charge is -2.12. The molecule has 0 spiro atoms. The van der Waals surface area contributed by atoms with Gasteiger partial charge in [0.05, 0.1) is 12.1 Å². The molecule has 3 aromatic heterocycles. The largest absolute Gasteiger partial charge is 0.416 e. The summed E-state index contributed by atoms with van der Waals surface area (Å²) in [5.74, 6) is -1.17. The third kappa shape index (κ3) is 5.97. The van der Waals surface area contributed by atoms with Crippen LogP contribution < -0.4 is 16.0 Å². The molecule has 0 atom stereocenters. The van der Waals surface area contributed by atoms with E-state index in [1.54, 1.807) is 11.6 Å². The van der Waals surface area contributed by atoms with Gasteiger partial charge in [0.25, 0.3) is 11.8 Å². The molecule has 10 nitrogen and oxygen atoms in total. The molecule has 3 N–H and O–H groups in total. The maximum absolute atomic E-state index is 13.1. The minimum absolute atomic E-state index is 0.0305. The number of carbonyl (C=O) groups is 2. The Labute approximate surface area is 199 Å². The molecule has 0 aliphatic rings. The number of carbonyl (C=O) groups excluding carboxylic acids is 2. The summed E-state index contributed by atoms with van der Waals surface area (Å²) >= 11 is 1.36. The molecule has 0 bridgehead atoms. The zero-order valence-electron chi connectivity index (χ0n) is 17.9. The third-order valence-corrected chi connectivity index (χ3v) is 5.27. The summed E-state index contributed by atoms with van der Waals surface area (Å²) in [4.78, 5) is 36.8. The minimum Gasteiger partial charge on any atom is -0.351 e. The number of aromatic nitrogens is 4. The van der Waals surface area contributed by atoms with E-state index >= 15 is 0 Å². The number of rotatable bonds is 7. The average molecular weight is 503 g/mol. The van der Waals surface area contributed by atoms with E-state index in [0.717, 1.165) is 6.07 Å². The normalized spacial score (nSPS) is 11.2. The number of nitrogens with one attached hydrogen (secondary N) is 3. The molecule has 0 saturated carbocycles. The molecule has 0 fully saturated rings. The predicted octanol–water partition coefficient (Wildman–Crippen LogP) is 4.17. The van der Waals surface area contributed by atoms with Crippen molar-refractivity contribution >= 4 is 39.8 Å². The standard InChI is InChI=1S/C21H16F3N7O3S/c1-11-2-3-12(6-14(11)21(22,23)24)29-19(33)16-7-13(31-34-16)9-26-18(32)15-8-17(28-10-27-15)30-20-25-4-5-35-20/h2-8,10H,9H2,1H3,(H,26,32)(H,29,33)(H,25,27,28,30). The molecule has 0 radical (unpaired) electrons. The van der Waals surface area contributed by atoms with Crippen LogP contribution in [0.15, 0.2) is 52.8 Å². The van der Waals surface area contributed by atoms with Crippen molar-refractivity contribution in [2.24, 2.45) is 0 Å². The number of aryl methyl sites for hydroxylation is 1. The molecule has 14 heteroatoms. The first-order valence-corrected chi connectivity index (χ1v) is 10.8. The fraction of sp³-hybridized carbons (Fsp3) is 0.143. The predicted molar refractivity (Wildman–Crippen MR) is 119 cm³/mol. The highest BCUT2D eigenvalue weighted by atomic mass is 32.1. The maximum Gasteiger partial charge on any atom is 0.416 e. The molecule has 4 rings (SSSR count). The molecule has 0 saturated heterocycles. The van der Waals surface area contributed by atoms with E-state index in [4.69, 9.17) is 4.52 Å². The van der Waals surface area contributed by atoms with Gasteiger partial charge in [-0.2, -0.15) is 13.2 Å². The second-order valence-electron chi connectivity index (χ2n) is 7.10. The van der Waals surface area contributed by atoms with Gasteiger partial charge >= 0.3 is 6.18 Å². The van der Waals surface area contributed by atoms with E-state index in [-0.39, 0.29) is 34.9 Å².